The summed E-state index contributed by atoms with van der Waals surface area (Å²) in [6.45, 7) is 6.01. The molecule has 0 aliphatic carbocycles. The number of aryl methyl sites for hydroxylation is 2. The number of hydrogen-bond donors (Lipinski definition) is 1. The summed E-state index contributed by atoms with van der Waals surface area (Å²) >= 11 is 0. The monoisotopic (exact) mass is 350 g/mol. The van der Waals surface area contributed by atoms with Gasteiger partial charge in [0.1, 0.15) is 5.52 Å². The summed E-state index contributed by atoms with van der Waals surface area (Å²) in [6, 6.07) is 1.93. The number of pyridine rings is 1. The second-order valence-electron chi connectivity index (χ2n) is 6.82. The maximum atomic E-state index is 13.3. The van der Waals surface area contributed by atoms with Gasteiger partial charge in [-0.05, 0) is 51.8 Å². The fraction of sp³-hybridized carbons (Fsp3) is 0.421. The van der Waals surface area contributed by atoms with Crippen LogP contribution in [0, 0.1) is 13.8 Å². The molecule has 7 nitrogen and oxygen atoms in total. The number of fused-ring (bicyclic) bond motifs is 1. The third kappa shape index (κ3) is 3.10. The van der Waals surface area contributed by atoms with Gasteiger partial charge >= 0.3 is 0 Å². The van der Waals surface area contributed by atoms with Crippen LogP contribution in [0.15, 0.2) is 29.5 Å². The summed E-state index contributed by atoms with van der Waals surface area (Å²) in [6.07, 6.45) is 6.99. The van der Waals surface area contributed by atoms with Crippen molar-refractivity contribution in [2.45, 2.75) is 39.2 Å². The lowest BCUT2D eigenvalue weighted by Crippen LogP contribution is -2.33. The first kappa shape index (κ1) is 16.8. The van der Waals surface area contributed by atoms with Gasteiger partial charge in [-0.3, -0.25) is 24.3 Å². The average Bonchev–Trinajstić information content (AvgIpc) is 2.66. The Hall–Kier alpha value is -2.67. The highest BCUT2D eigenvalue weighted by Crippen LogP contribution is 2.24. The zero-order valence-corrected chi connectivity index (χ0v) is 15.1. The van der Waals surface area contributed by atoms with Crippen LogP contribution in [-0.4, -0.2) is 37.6 Å². The van der Waals surface area contributed by atoms with E-state index in [1.807, 2.05) is 19.9 Å². The largest absolute Gasteiger partial charge is 0.317 e. The summed E-state index contributed by atoms with van der Waals surface area (Å²) in [5.74, 6) is 0.255. The van der Waals surface area contributed by atoms with Gasteiger partial charge in [0.2, 0.25) is 0 Å². The predicted molar refractivity (Wildman–Crippen MR) is 99.3 cm³/mol. The van der Waals surface area contributed by atoms with Gasteiger partial charge in [-0.25, -0.2) is 4.98 Å². The first-order chi connectivity index (χ1) is 12.6. The zero-order valence-electron chi connectivity index (χ0n) is 15.1. The average molecular weight is 350 g/mol. The second kappa shape index (κ2) is 6.92. The molecule has 0 radical (unpaired) electrons. The summed E-state index contributed by atoms with van der Waals surface area (Å²) < 4.78 is 1.71. The number of nitrogens with one attached hydrogen (secondary N) is 1. The van der Waals surface area contributed by atoms with Crippen LogP contribution in [-0.2, 0) is 6.54 Å². The van der Waals surface area contributed by atoms with Crippen molar-refractivity contribution in [3.63, 3.8) is 0 Å². The van der Waals surface area contributed by atoms with Gasteiger partial charge in [-0.1, -0.05) is 0 Å². The van der Waals surface area contributed by atoms with E-state index in [2.05, 4.69) is 25.3 Å². The zero-order chi connectivity index (χ0) is 18.1. The van der Waals surface area contributed by atoms with E-state index in [9.17, 15) is 4.79 Å². The Morgan fingerprint density at radius 1 is 1.15 bits per heavy atom. The molecule has 0 atom stereocenters. The molecule has 0 aromatic carbocycles. The van der Waals surface area contributed by atoms with Crippen molar-refractivity contribution in [1.29, 1.82) is 0 Å². The Morgan fingerprint density at radius 2 is 1.92 bits per heavy atom. The number of aromatic nitrogens is 5. The molecule has 4 heterocycles. The molecule has 0 unspecified atom stereocenters. The van der Waals surface area contributed by atoms with E-state index in [-0.39, 0.29) is 11.5 Å². The first-order valence-electron chi connectivity index (χ1n) is 8.98. The lowest BCUT2D eigenvalue weighted by molar-refractivity contribution is 0.456. The first-order valence-corrected chi connectivity index (χ1v) is 8.98. The molecule has 0 spiro atoms. The molecule has 26 heavy (non-hydrogen) atoms. The van der Waals surface area contributed by atoms with E-state index in [1.54, 1.807) is 23.2 Å². The molecule has 1 aliphatic rings. The van der Waals surface area contributed by atoms with Gasteiger partial charge in [-0.2, -0.15) is 0 Å². The molecule has 3 aromatic rings. The van der Waals surface area contributed by atoms with Gasteiger partial charge < -0.3 is 5.32 Å². The lowest BCUT2D eigenvalue weighted by atomic mass is 9.91. The molecule has 1 saturated heterocycles. The molecule has 7 heteroatoms. The Morgan fingerprint density at radius 3 is 2.69 bits per heavy atom. The molecule has 4 rings (SSSR count). The van der Waals surface area contributed by atoms with E-state index < -0.39 is 0 Å². The molecule has 0 bridgehead atoms. The standard InChI is InChI=1S/C19H22N6O/c1-12-10-23-16-9-15(14-3-5-20-6-4-14)19(26)25(18(16)24-12)11-17-13(2)21-7-8-22-17/h7-10,14,20H,3-6,11H2,1-2H3. The minimum atomic E-state index is 0.00866. The van der Waals surface area contributed by atoms with Crippen molar-refractivity contribution < 1.29 is 0 Å². The maximum Gasteiger partial charge on any atom is 0.256 e. The molecular formula is C19H22N6O. The van der Waals surface area contributed by atoms with Gasteiger partial charge in [-0.15, -0.1) is 0 Å². The number of piperidine rings is 1. The van der Waals surface area contributed by atoms with E-state index in [1.165, 1.54) is 0 Å². The van der Waals surface area contributed by atoms with Crippen molar-refractivity contribution in [1.82, 2.24) is 29.8 Å². The van der Waals surface area contributed by atoms with Crippen LogP contribution in [0.3, 0.4) is 0 Å². The van der Waals surface area contributed by atoms with Crippen LogP contribution in [0.1, 0.15) is 41.4 Å². The summed E-state index contributed by atoms with van der Waals surface area (Å²) in [4.78, 5) is 31.2. The van der Waals surface area contributed by atoms with Crippen LogP contribution < -0.4 is 10.9 Å². The molecule has 0 amide bonds. The predicted octanol–water partition coefficient (Wildman–Crippen LogP) is 1.71. The summed E-state index contributed by atoms with van der Waals surface area (Å²) in [7, 11) is 0. The molecule has 1 fully saturated rings. The normalized spacial score (nSPS) is 15.5. The van der Waals surface area contributed by atoms with Gasteiger partial charge in [0.25, 0.3) is 5.56 Å². The number of rotatable bonds is 3. The van der Waals surface area contributed by atoms with Crippen molar-refractivity contribution in [2.75, 3.05) is 13.1 Å². The van der Waals surface area contributed by atoms with Crippen LogP contribution in [0.2, 0.25) is 0 Å². The van der Waals surface area contributed by atoms with Crippen molar-refractivity contribution in [2.24, 2.45) is 0 Å². The Kier molecular flexibility index (Phi) is 4.46. The quantitative estimate of drug-likeness (QED) is 0.774. The molecule has 0 saturated carbocycles. The van der Waals surface area contributed by atoms with Crippen molar-refractivity contribution in [3.8, 4) is 0 Å². The van der Waals surface area contributed by atoms with Crippen molar-refractivity contribution >= 4 is 11.2 Å². The summed E-state index contributed by atoms with van der Waals surface area (Å²) in [5.41, 5.74) is 4.59. The van der Waals surface area contributed by atoms with Gasteiger partial charge in [0.05, 0.1) is 23.6 Å². The Bertz CT molecular complexity index is 1010. The number of hydrogen-bond acceptors (Lipinski definition) is 6. The van der Waals surface area contributed by atoms with Gasteiger partial charge in [0.15, 0.2) is 5.65 Å². The van der Waals surface area contributed by atoms with Crippen LogP contribution in [0.5, 0.6) is 0 Å². The molecular weight excluding hydrogens is 328 g/mol. The minimum Gasteiger partial charge on any atom is -0.317 e. The highest BCUT2D eigenvalue weighted by Gasteiger charge is 2.22. The van der Waals surface area contributed by atoms with Crippen LogP contribution in [0.25, 0.3) is 11.2 Å². The van der Waals surface area contributed by atoms with Crippen LogP contribution in [0.4, 0.5) is 0 Å². The highest BCUT2D eigenvalue weighted by atomic mass is 16.1. The SMILES string of the molecule is Cc1cnc2cc(C3CCNCC3)c(=O)n(Cc3nccnc3C)c2n1. The maximum absolute atomic E-state index is 13.3. The Labute approximate surface area is 151 Å². The minimum absolute atomic E-state index is 0.00866. The van der Waals surface area contributed by atoms with E-state index in [0.29, 0.717) is 12.2 Å². The van der Waals surface area contributed by atoms with Crippen LogP contribution >= 0.6 is 0 Å². The second-order valence-corrected chi connectivity index (χ2v) is 6.82. The molecule has 3 aromatic heterocycles. The van der Waals surface area contributed by atoms with E-state index >= 15 is 0 Å². The topological polar surface area (TPSA) is 85.6 Å². The molecule has 1 aliphatic heterocycles. The smallest absolute Gasteiger partial charge is 0.256 e. The fourth-order valence-corrected chi connectivity index (χ4v) is 3.55. The fourth-order valence-electron chi connectivity index (χ4n) is 3.55. The molecule has 1 N–H and O–H groups in total. The highest BCUT2D eigenvalue weighted by molar-refractivity contribution is 5.71. The third-order valence-electron chi connectivity index (χ3n) is 5.01. The lowest BCUT2D eigenvalue weighted by Gasteiger charge is -2.23. The number of nitrogens with zero attached hydrogens (tertiary/aromatic N) is 5. The Balaban J connectivity index is 1.90. The molecule has 134 valence electrons. The van der Waals surface area contributed by atoms with E-state index in [4.69, 9.17) is 0 Å². The summed E-state index contributed by atoms with van der Waals surface area (Å²) in [5, 5.41) is 3.36. The van der Waals surface area contributed by atoms with E-state index in [0.717, 1.165) is 54.1 Å². The van der Waals surface area contributed by atoms with Crippen molar-refractivity contribution in [3.05, 3.63) is 57.7 Å². The third-order valence-corrected chi connectivity index (χ3v) is 5.01. The van der Waals surface area contributed by atoms with Gasteiger partial charge in [0, 0.05) is 24.2 Å².